The van der Waals surface area contributed by atoms with Gasteiger partial charge >= 0.3 is 5.97 Å². The summed E-state index contributed by atoms with van der Waals surface area (Å²) in [5.74, 6) is 0.720. The minimum atomic E-state index is -0.457. The molecule has 0 unspecified atom stereocenters. The molecule has 9 heteroatoms. The number of halogens is 2. The van der Waals surface area contributed by atoms with Crippen LogP contribution in [-0.4, -0.2) is 29.0 Å². The third-order valence-corrected chi connectivity index (χ3v) is 5.51. The number of carbonyl (C=O) groups excluding carboxylic acids is 1. The average Bonchev–Trinajstić information content (AvgIpc) is 2.67. The van der Waals surface area contributed by atoms with Crippen LogP contribution < -0.4 is 15.0 Å². The van der Waals surface area contributed by atoms with E-state index >= 15 is 0 Å². The topological polar surface area (TPSA) is 82.8 Å². The first-order valence-electron chi connectivity index (χ1n) is 9.34. The molecule has 0 saturated carbocycles. The van der Waals surface area contributed by atoms with Crippen molar-refractivity contribution in [3.05, 3.63) is 61.0 Å². The van der Waals surface area contributed by atoms with Gasteiger partial charge in [-0.05, 0) is 46.3 Å². The molecule has 0 aliphatic rings. The Labute approximate surface area is 196 Å². The van der Waals surface area contributed by atoms with Crippen molar-refractivity contribution in [2.24, 2.45) is 5.10 Å². The highest BCUT2D eigenvalue weighted by Gasteiger charge is 2.23. The Morgan fingerprint density at radius 2 is 1.87 bits per heavy atom. The van der Waals surface area contributed by atoms with Gasteiger partial charge in [-0.3, -0.25) is 9.59 Å². The molecule has 0 bridgehead atoms. The van der Waals surface area contributed by atoms with E-state index in [4.69, 9.17) is 14.5 Å². The summed E-state index contributed by atoms with van der Waals surface area (Å²) in [5.41, 5.74) is 0.547. The van der Waals surface area contributed by atoms with E-state index in [9.17, 15) is 9.59 Å². The van der Waals surface area contributed by atoms with E-state index in [0.717, 1.165) is 4.47 Å². The van der Waals surface area contributed by atoms with Gasteiger partial charge in [0, 0.05) is 26.8 Å². The van der Waals surface area contributed by atoms with Gasteiger partial charge < -0.3 is 9.47 Å². The molecule has 0 spiro atoms. The predicted molar refractivity (Wildman–Crippen MR) is 127 cm³/mol. The number of hydrogen-bond acceptors (Lipinski definition) is 6. The quantitative estimate of drug-likeness (QED) is 0.258. The van der Waals surface area contributed by atoms with Gasteiger partial charge in [-0.25, -0.2) is 4.98 Å². The van der Waals surface area contributed by atoms with Gasteiger partial charge in [-0.1, -0.05) is 36.7 Å². The largest absolute Gasteiger partial charge is 0.493 e. The molecule has 0 saturated heterocycles. The Bertz CT molecular complexity index is 1260. The molecule has 0 aliphatic heterocycles. The van der Waals surface area contributed by atoms with E-state index in [1.807, 2.05) is 26.8 Å². The second kappa shape index (κ2) is 8.92. The van der Waals surface area contributed by atoms with E-state index in [-0.39, 0.29) is 11.3 Å². The van der Waals surface area contributed by atoms with Crippen molar-refractivity contribution < 1.29 is 14.3 Å². The lowest BCUT2D eigenvalue weighted by molar-refractivity contribution is -0.132. The van der Waals surface area contributed by atoms with Crippen LogP contribution >= 0.6 is 31.9 Å². The first kappa shape index (κ1) is 23.1. The van der Waals surface area contributed by atoms with Crippen LogP contribution in [0.3, 0.4) is 0 Å². The highest BCUT2D eigenvalue weighted by Crippen LogP contribution is 2.33. The molecule has 0 N–H and O–H groups in total. The average molecular weight is 551 g/mol. The van der Waals surface area contributed by atoms with Crippen molar-refractivity contribution in [1.82, 2.24) is 9.66 Å². The Balaban J connectivity index is 2.18. The Morgan fingerprint density at radius 1 is 1.16 bits per heavy atom. The number of nitrogens with zero attached hydrogens (tertiary/aromatic N) is 3. The van der Waals surface area contributed by atoms with Gasteiger partial charge in [0.05, 0.1) is 24.2 Å². The first-order valence-corrected chi connectivity index (χ1v) is 10.9. The highest BCUT2D eigenvalue weighted by atomic mass is 79.9. The first-order chi connectivity index (χ1) is 14.5. The van der Waals surface area contributed by atoms with Crippen LogP contribution in [0.4, 0.5) is 0 Å². The number of benzene rings is 2. The summed E-state index contributed by atoms with van der Waals surface area (Å²) in [6, 6.07) is 8.67. The summed E-state index contributed by atoms with van der Waals surface area (Å²) >= 11 is 6.86. The number of aromatic nitrogens is 2. The monoisotopic (exact) mass is 549 g/mol. The fourth-order valence-corrected chi connectivity index (χ4v) is 3.69. The third-order valence-electron chi connectivity index (χ3n) is 4.33. The summed E-state index contributed by atoms with van der Waals surface area (Å²) in [6.07, 6.45) is 1.53. The number of ether oxygens (including phenoxy) is 2. The number of esters is 1. The van der Waals surface area contributed by atoms with Crippen molar-refractivity contribution >= 4 is 54.9 Å². The number of methoxy groups -OCH3 is 1. The molecule has 1 aromatic heterocycles. The molecule has 0 aliphatic carbocycles. The molecular weight excluding hydrogens is 530 g/mol. The van der Waals surface area contributed by atoms with Gasteiger partial charge in [0.25, 0.3) is 5.56 Å². The molecule has 0 radical (unpaired) electrons. The summed E-state index contributed by atoms with van der Waals surface area (Å²) in [5, 5.41) is 4.92. The molecule has 1 heterocycles. The summed E-state index contributed by atoms with van der Waals surface area (Å²) < 4.78 is 13.2. The maximum Gasteiger partial charge on any atom is 0.308 e. The molecule has 3 aromatic rings. The zero-order chi connectivity index (χ0) is 22.9. The van der Waals surface area contributed by atoms with Crippen LogP contribution in [0, 0.1) is 0 Å². The predicted octanol–water partition coefficient (Wildman–Crippen LogP) is 5.04. The lowest BCUT2D eigenvalue weighted by Crippen LogP contribution is -2.29. The summed E-state index contributed by atoms with van der Waals surface area (Å²) in [7, 11) is 1.48. The van der Waals surface area contributed by atoms with E-state index in [1.54, 1.807) is 24.3 Å². The second-order valence-electron chi connectivity index (χ2n) is 7.83. The zero-order valence-corrected chi connectivity index (χ0v) is 20.9. The molecule has 3 rings (SSSR count). The molecule has 31 heavy (non-hydrogen) atoms. The van der Waals surface area contributed by atoms with Crippen molar-refractivity contribution in [2.75, 3.05) is 7.11 Å². The second-order valence-corrected chi connectivity index (χ2v) is 9.60. The molecule has 162 valence electrons. The summed E-state index contributed by atoms with van der Waals surface area (Å²) in [4.78, 5) is 29.3. The van der Waals surface area contributed by atoms with Crippen LogP contribution in [0.5, 0.6) is 11.5 Å². The number of rotatable bonds is 4. The van der Waals surface area contributed by atoms with Crippen LogP contribution in [-0.2, 0) is 10.2 Å². The minimum Gasteiger partial charge on any atom is -0.493 e. The van der Waals surface area contributed by atoms with Crippen LogP contribution in [0.2, 0.25) is 0 Å². The SMILES string of the molecule is COc1cc(C=Nn2c(C(C)(C)C)nc3ccc(Br)cc3c2=O)c(Br)cc1OC(C)=O. The van der Waals surface area contributed by atoms with Gasteiger partial charge in [0.15, 0.2) is 11.5 Å². The van der Waals surface area contributed by atoms with E-state index in [0.29, 0.717) is 32.5 Å². The van der Waals surface area contributed by atoms with Gasteiger partial charge in [-0.2, -0.15) is 9.78 Å². The number of carbonyl (C=O) groups is 1. The molecule has 0 amide bonds. The molecule has 7 nitrogen and oxygen atoms in total. The lowest BCUT2D eigenvalue weighted by Gasteiger charge is -2.21. The number of fused-ring (bicyclic) bond motifs is 1. The van der Waals surface area contributed by atoms with Gasteiger partial charge in [0.2, 0.25) is 0 Å². The smallest absolute Gasteiger partial charge is 0.308 e. The van der Waals surface area contributed by atoms with Crippen molar-refractivity contribution in [3.8, 4) is 11.5 Å². The highest BCUT2D eigenvalue weighted by molar-refractivity contribution is 9.10. The normalized spacial score (nSPS) is 11.8. The maximum absolute atomic E-state index is 13.2. The Hall–Kier alpha value is -2.52. The van der Waals surface area contributed by atoms with Crippen LogP contribution in [0.1, 0.15) is 39.1 Å². The lowest BCUT2D eigenvalue weighted by atomic mass is 9.95. The summed E-state index contributed by atoms with van der Waals surface area (Å²) in [6.45, 7) is 7.23. The minimum absolute atomic E-state index is 0.271. The third kappa shape index (κ3) is 5.04. The van der Waals surface area contributed by atoms with E-state index in [2.05, 4.69) is 37.0 Å². The molecule has 2 aromatic carbocycles. The Morgan fingerprint density at radius 3 is 2.48 bits per heavy atom. The van der Waals surface area contributed by atoms with E-state index in [1.165, 1.54) is 24.9 Å². The van der Waals surface area contributed by atoms with Crippen LogP contribution in [0.15, 0.2) is 49.2 Å². The van der Waals surface area contributed by atoms with Crippen molar-refractivity contribution in [1.29, 1.82) is 0 Å². The fraction of sp³-hybridized carbons (Fsp3) is 0.273. The fourth-order valence-electron chi connectivity index (χ4n) is 2.91. The van der Waals surface area contributed by atoms with Crippen molar-refractivity contribution in [3.63, 3.8) is 0 Å². The molecular formula is C22H21Br2N3O4. The maximum atomic E-state index is 13.2. The van der Waals surface area contributed by atoms with E-state index < -0.39 is 11.4 Å². The van der Waals surface area contributed by atoms with Crippen LogP contribution in [0.25, 0.3) is 10.9 Å². The van der Waals surface area contributed by atoms with Gasteiger partial charge in [0.1, 0.15) is 5.82 Å². The van der Waals surface area contributed by atoms with Crippen molar-refractivity contribution in [2.45, 2.75) is 33.1 Å². The molecule has 0 fully saturated rings. The zero-order valence-electron chi connectivity index (χ0n) is 17.7. The standard InChI is InChI=1S/C22H21Br2N3O4/c1-12(28)31-19-10-16(24)13(8-18(19)30-5)11-25-27-20(29)15-9-14(23)6-7-17(15)26-21(27)22(2,3)4/h6-11H,1-5H3. The molecule has 0 atom stereocenters. The number of hydrogen-bond donors (Lipinski definition) is 0. The van der Waals surface area contributed by atoms with Gasteiger partial charge in [-0.15, -0.1) is 0 Å². The Kier molecular flexibility index (Phi) is 6.66.